The van der Waals surface area contributed by atoms with E-state index in [0.29, 0.717) is 11.1 Å². The van der Waals surface area contributed by atoms with E-state index in [-0.39, 0.29) is 0 Å². The van der Waals surface area contributed by atoms with Crippen LogP contribution in [-0.2, 0) is 13.0 Å². The van der Waals surface area contributed by atoms with Crippen LogP contribution in [0.3, 0.4) is 0 Å². The summed E-state index contributed by atoms with van der Waals surface area (Å²) in [6, 6.07) is 4.29. The van der Waals surface area contributed by atoms with Gasteiger partial charge in [0.2, 0.25) is 0 Å². The first kappa shape index (κ1) is 16.5. The van der Waals surface area contributed by atoms with E-state index in [1.807, 2.05) is 12.4 Å². The molecule has 0 atom stereocenters. The van der Waals surface area contributed by atoms with E-state index in [1.165, 1.54) is 24.8 Å². The molecule has 5 heteroatoms. The Kier molecular flexibility index (Phi) is 5.68. The first-order valence-corrected chi connectivity index (χ1v) is 8.99. The highest BCUT2D eigenvalue weighted by Gasteiger charge is 2.22. The SMILES string of the molecule is CCCCc1nc(Cl)c(CN2CCC(c3ccncc3)CC2)[nH]1. The quantitative estimate of drug-likeness (QED) is 0.863. The largest absolute Gasteiger partial charge is 0.344 e. The summed E-state index contributed by atoms with van der Waals surface area (Å²) in [5, 5.41) is 0.646. The summed E-state index contributed by atoms with van der Waals surface area (Å²) in [7, 11) is 0. The fourth-order valence-corrected chi connectivity index (χ4v) is 3.50. The van der Waals surface area contributed by atoms with Gasteiger partial charge in [0, 0.05) is 25.4 Å². The Labute approximate surface area is 143 Å². The molecule has 0 amide bonds. The van der Waals surface area contributed by atoms with Crippen molar-refractivity contribution in [2.45, 2.75) is 51.5 Å². The lowest BCUT2D eigenvalue weighted by molar-refractivity contribution is 0.203. The van der Waals surface area contributed by atoms with E-state index in [9.17, 15) is 0 Å². The number of imidazole rings is 1. The van der Waals surface area contributed by atoms with Crippen molar-refractivity contribution in [1.82, 2.24) is 19.9 Å². The Bertz CT molecular complexity index is 603. The number of pyridine rings is 1. The predicted molar refractivity (Wildman–Crippen MR) is 93.7 cm³/mol. The van der Waals surface area contributed by atoms with E-state index in [4.69, 9.17) is 11.6 Å². The monoisotopic (exact) mass is 332 g/mol. The van der Waals surface area contributed by atoms with Crippen LogP contribution in [0.25, 0.3) is 0 Å². The van der Waals surface area contributed by atoms with Gasteiger partial charge in [0.25, 0.3) is 0 Å². The maximum Gasteiger partial charge on any atom is 0.151 e. The van der Waals surface area contributed by atoms with Gasteiger partial charge in [0.15, 0.2) is 5.15 Å². The minimum Gasteiger partial charge on any atom is -0.344 e. The minimum atomic E-state index is 0.646. The van der Waals surface area contributed by atoms with Crippen LogP contribution in [0.5, 0.6) is 0 Å². The number of nitrogens with zero attached hydrogens (tertiary/aromatic N) is 3. The molecular weight excluding hydrogens is 308 g/mol. The molecule has 1 fully saturated rings. The van der Waals surface area contributed by atoms with Gasteiger partial charge in [0.1, 0.15) is 5.82 Å². The molecule has 1 saturated heterocycles. The second kappa shape index (κ2) is 7.93. The van der Waals surface area contributed by atoms with Gasteiger partial charge in [-0.15, -0.1) is 0 Å². The maximum absolute atomic E-state index is 6.29. The molecule has 0 saturated carbocycles. The molecule has 0 spiro atoms. The molecule has 4 nitrogen and oxygen atoms in total. The molecule has 3 heterocycles. The summed E-state index contributed by atoms with van der Waals surface area (Å²) < 4.78 is 0. The average molecular weight is 333 g/mol. The first-order chi connectivity index (χ1) is 11.3. The number of aromatic nitrogens is 3. The van der Waals surface area contributed by atoms with Crippen molar-refractivity contribution in [1.29, 1.82) is 0 Å². The number of H-pyrrole nitrogens is 1. The Hall–Kier alpha value is -1.39. The van der Waals surface area contributed by atoms with Gasteiger partial charge in [0.05, 0.1) is 5.69 Å². The number of unbranched alkanes of at least 4 members (excludes halogenated alkanes) is 1. The molecule has 23 heavy (non-hydrogen) atoms. The molecule has 2 aromatic heterocycles. The second-order valence-electron chi connectivity index (χ2n) is 6.39. The van der Waals surface area contributed by atoms with Crippen molar-refractivity contribution in [3.8, 4) is 0 Å². The van der Waals surface area contributed by atoms with E-state index in [1.54, 1.807) is 0 Å². The Morgan fingerprint density at radius 2 is 2.00 bits per heavy atom. The van der Waals surface area contributed by atoms with Gasteiger partial charge in [-0.2, -0.15) is 0 Å². The third-order valence-electron chi connectivity index (χ3n) is 4.69. The van der Waals surface area contributed by atoms with Gasteiger partial charge >= 0.3 is 0 Å². The number of halogens is 1. The maximum atomic E-state index is 6.29. The molecule has 124 valence electrons. The second-order valence-corrected chi connectivity index (χ2v) is 6.75. The molecule has 0 unspecified atom stereocenters. The smallest absolute Gasteiger partial charge is 0.151 e. The summed E-state index contributed by atoms with van der Waals surface area (Å²) >= 11 is 6.29. The van der Waals surface area contributed by atoms with Crippen LogP contribution in [0.15, 0.2) is 24.5 Å². The standard InChI is InChI=1S/C18H25ClN4/c1-2-3-4-17-21-16(18(19)22-17)13-23-11-7-15(8-12-23)14-5-9-20-10-6-14/h5-6,9-10,15H,2-4,7-8,11-13H2,1H3,(H,21,22). The highest BCUT2D eigenvalue weighted by Crippen LogP contribution is 2.28. The number of hydrogen-bond acceptors (Lipinski definition) is 3. The normalized spacial score (nSPS) is 16.8. The van der Waals surface area contributed by atoms with Crippen LogP contribution >= 0.6 is 11.6 Å². The number of rotatable bonds is 6. The zero-order valence-electron chi connectivity index (χ0n) is 13.8. The molecule has 1 N–H and O–H groups in total. The number of piperidine rings is 1. The van der Waals surface area contributed by atoms with Crippen LogP contribution in [0.1, 0.15) is 55.6 Å². The number of aryl methyl sites for hydroxylation is 1. The summed E-state index contributed by atoms with van der Waals surface area (Å²) in [4.78, 5) is 14.4. The molecule has 0 aliphatic carbocycles. The zero-order chi connectivity index (χ0) is 16.1. The molecular formula is C18H25ClN4. The van der Waals surface area contributed by atoms with E-state index < -0.39 is 0 Å². The van der Waals surface area contributed by atoms with Crippen molar-refractivity contribution in [3.05, 3.63) is 46.8 Å². The van der Waals surface area contributed by atoms with Crippen LogP contribution in [0, 0.1) is 0 Å². The van der Waals surface area contributed by atoms with Crippen LogP contribution < -0.4 is 0 Å². The zero-order valence-corrected chi connectivity index (χ0v) is 14.5. The lowest BCUT2D eigenvalue weighted by Gasteiger charge is -2.31. The molecule has 3 rings (SSSR count). The number of hydrogen-bond donors (Lipinski definition) is 1. The lowest BCUT2D eigenvalue weighted by Crippen LogP contribution is -2.32. The van der Waals surface area contributed by atoms with E-state index >= 15 is 0 Å². The van der Waals surface area contributed by atoms with Gasteiger partial charge < -0.3 is 4.98 Å². The van der Waals surface area contributed by atoms with E-state index in [0.717, 1.165) is 44.0 Å². The average Bonchev–Trinajstić information content (AvgIpc) is 2.94. The predicted octanol–water partition coefficient (Wildman–Crippen LogP) is 4.18. The highest BCUT2D eigenvalue weighted by atomic mass is 35.5. The Balaban J connectivity index is 1.53. The van der Waals surface area contributed by atoms with Gasteiger partial charge in [-0.05, 0) is 56.0 Å². The Morgan fingerprint density at radius 1 is 1.26 bits per heavy atom. The number of likely N-dealkylation sites (tertiary alicyclic amines) is 1. The third kappa shape index (κ3) is 4.33. The molecule has 1 aliphatic heterocycles. The van der Waals surface area contributed by atoms with Gasteiger partial charge in [-0.3, -0.25) is 9.88 Å². The summed E-state index contributed by atoms with van der Waals surface area (Å²) in [6.07, 6.45) is 9.49. The number of nitrogens with one attached hydrogen (secondary N) is 1. The fourth-order valence-electron chi connectivity index (χ4n) is 3.29. The van der Waals surface area contributed by atoms with Crippen molar-refractivity contribution in [3.63, 3.8) is 0 Å². The minimum absolute atomic E-state index is 0.646. The van der Waals surface area contributed by atoms with Crippen LogP contribution in [0.4, 0.5) is 0 Å². The lowest BCUT2D eigenvalue weighted by atomic mass is 9.90. The van der Waals surface area contributed by atoms with Crippen molar-refractivity contribution in [2.75, 3.05) is 13.1 Å². The Morgan fingerprint density at radius 3 is 2.70 bits per heavy atom. The fraction of sp³-hybridized carbons (Fsp3) is 0.556. The number of aromatic amines is 1. The third-order valence-corrected chi connectivity index (χ3v) is 5.00. The summed E-state index contributed by atoms with van der Waals surface area (Å²) in [6.45, 7) is 5.28. The van der Waals surface area contributed by atoms with E-state index in [2.05, 4.69) is 38.9 Å². The van der Waals surface area contributed by atoms with Crippen molar-refractivity contribution < 1.29 is 0 Å². The van der Waals surface area contributed by atoms with Crippen LogP contribution in [0.2, 0.25) is 5.15 Å². The summed E-state index contributed by atoms with van der Waals surface area (Å²) in [5.74, 6) is 1.69. The molecule has 0 bridgehead atoms. The van der Waals surface area contributed by atoms with Gasteiger partial charge in [-0.1, -0.05) is 24.9 Å². The van der Waals surface area contributed by atoms with Crippen molar-refractivity contribution >= 4 is 11.6 Å². The molecule has 0 aromatic carbocycles. The highest BCUT2D eigenvalue weighted by molar-refractivity contribution is 6.30. The summed E-state index contributed by atoms with van der Waals surface area (Å²) in [5.41, 5.74) is 2.49. The van der Waals surface area contributed by atoms with Crippen LogP contribution in [-0.4, -0.2) is 32.9 Å². The molecule has 1 aliphatic rings. The van der Waals surface area contributed by atoms with Gasteiger partial charge in [-0.25, -0.2) is 4.98 Å². The van der Waals surface area contributed by atoms with Crippen molar-refractivity contribution in [2.24, 2.45) is 0 Å². The topological polar surface area (TPSA) is 44.8 Å². The molecule has 0 radical (unpaired) electrons. The first-order valence-electron chi connectivity index (χ1n) is 8.61. The molecule has 2 aromatic rings.